The van der Waals surface area contributed by atoms with Crippen LogP contribution in [0.4, 0.5) is 17.2 Å². The van der Waals surface area contributed by atoms with E-state index >= 15 is 0 Å². The topological polar surface area (TPSA) is 78.6 Å². The molecular weight excluding hydrogens is 364 g/mol. The smallest absolute Gasteiger partial charge is 0.178 e. The zero-order valence-corrected chi connectivity index (χ0v) is 16.7. The van der Waals surface area contributed by atoms with E-state index in [1.807, 2.05) is 16.8 Å². The highest BCUT2D eigenvalue weighted by molar-refractivity contribution is 5.73. The van der Waals surface area contributed by atoms with Gasteiger partial charge in [0.2, 0.25) is 0 Å². The monoisotopic (exact) mass is 392 g/mol. The van der Waals surface area contributed by atoms with E-state index in [4.69, 9.17) is 0 Å². The highest BCUT2D eigenvalue weighted by Crippen LogP contribution is 2.34. The molecule has 1 saturated heterocycles. The van der Waals surface area contributed by atoms with Crippen LogP contribution in [0.2, 0.25) is 0 Å². The van der Waals surface area contributed by atoms with E-state index in [1.54, 1.807) is 6.33 Å². The summed E-state index contributed by atoms with van der Waals surface area (Å²) in [6, 6.07) is 6.33. The Labute approximate surface area is 170 Å². The molecule has 5 rings (SSSR count). The van der Waals surface area contributed by atoms with Gasteiger partial charge in [0.25, 0.3) is 0 Å². The van der Waals surface area contributed by atoms with Crippen LogP contribution in [0.15, 0.2) is 36.9 Å². The fourth-order valence-electron chi connectivity index (χ4n) is 4.61. The lowest BCUT2D eigenvalue weighted by atomic mass is 9.85. The van der Waals surface area contributed by atoms with Gasteiger partial charge >= 0.3 is 0 Å². The molecule has 4 heterocycles. The van der Waals surface area contributed by atoms with E-state index in [0.29, 0.717) is 5.92 Å². The first-order valence-corrected chi connectivity index (χ1v) is 10.8. The molecule has 3 aromatic rings. The molecule has 7 heteroatoms. The van der Waals surface area contributed by atoms with Crippen molar-refractivity contribution in [3.8, 4) is 0 Å². The molecule has 0 unspecified atom stereocenters. The van der Waals surface area contributed by atoms with Gasteiger partial charge in [0.15, 0.2) is 5.65 Å². The average Bonchev–Trinajstić information content (AvgIpc) is 3.25. The number of aliphatic hydroxyl groups excluding tert-OH is 1. The summed E-state index contributed by atoms with van der Waals surface area (Å²) in [5.41, 5.74) is 4.20. The van der Waals surface area contributed by atoms with Gasteiger partial charge < -0.3 is 15.3 Å². The summed E-state index contributed by atoms with van der Waals surface area (Å²) in [6.07, 6.45) is 13.6. The molecule has 152 valence electrons. The Bertz CT molecular complexity index is 955. The van der Waals surface area contributed by atoms with Gasteiger partial charge in [-0.1, -0.05) is 19.3 Å². The van der Waals surface area contributed by atoms with Crippen molar-refractivity contribution in [1.29, 1.82) is 0 Å². The molecule has 1 aliphatic carbocycles. The van der Waals surface area contributed by atoms with Crippen molar-refractivity contribution in [3.63, 3.8) is 0 Å². The minimum atomic E-state index is -0.165. The lowest BCUT2D eigenvalue weighted by molar-refractivity contribution is 0.145. The summed E-state index contributed by atoms with van der Waals surface area (Å²) in [7, 11) is 0. The van der Waals surface area contributed by atoms with Crippen molar-refractivity contribution in [1.82, 2.24) is 19.6 Å². The van der Waals surface area contributed by atoms with Crippen LogP contribution >= 0.6 is 0 Å². The second kappa shape index (κ2) is 7.99. The van der Waals surface area contributed by atoms with Gasteiger partial charge in [0.1, 0.15) is 12.1 Å². The summed E-state index contributed by atoms with van der Waals surface area (Å²) in [5.74, 6) is 1.40. The van der Waals surface area contributed by atoms with Gasteiger partial charge in [0, 0.05) is 19.3 Å². The van der Waals surface area contributed by atoms with E-state index in [2.05, 4.69) is 43.6 Å². The highest BCUT2D eigenvalue weighted by atomic mass is 16.3. The van der Waals surface area contributed by atoms with Gasteiger partial charge in [0.05, 0.1) is 23.7 Å². The Balaban J connectivity index is 1.37. The van der Waals surface area contributed by atoms with Crippen LogP contribution in [0.5, 0.6) is 0 Å². The zero-order chi connectivity index (χ0) is 19.6. The molecule has 1 aliphatic heterocycles. The van der Waals surface area contributed by atoms with Crippen LogP contribution in [-0.4, -0.2) is 43.9 Å². The quantitative estimate of drug-likeness (QED) is 0.702. The Hall–Kier alpha value is -2.67. The van der Waals surface area contributed by atoms with Gasteiger partial charge in [-0.25, -0.2) is 14.5 Å². The molecule has 0 bridgehead atoms. The molecule has 2 N–H and O–H groups in total. The van der Waals surface area contributed by atoms with Gasteiger partial charge in [-0.05, 0) is 55.4 Å². The predicted molar refractivity (Wildman–Crippen MR) is 114 cm³/mol. The Morgan fingerprint density at radius 3 is 2.59 bits per heavy atom. The number of pyridine rings is 2. The van der Waals surface area contributed by atoms with Crippen molar-refractivity contribution in [2.75, 3.05) is 23.3 Å². The number of hydrogen-bond donors (Lipinski definition) is 2. The number of nitrogens with zero attached hydrogens (tertiary/aromatic N) is 5. The third-order valence-electron chi connectivity index (χ3n) is 6.31. The maximum atomic E-state index is 9.70. The molecular formula is C22H28N6O. The van der Waals surface area contributed by atoms with E-state index in [-0.39, 0.29) is 6.10 Å². The fourth-order valence-corrected chi connectivity index (χ4v) is 4.61. The number of hydrogen-bond acceptors (Lipinski definition) is 6. The molecule has 3 aromatic heterocycles. The molecule has 0 atom stereocenters. The number of aromatic nitrogens is 4. The van der Waals surface area contributed by atoms with E-state index in [1.165, 1.54) is 37.7 Å². The van der Waals surface area contributed by atoms with E-state index in [9.17, 15) is 5.11 Å². The minimum Gasteiger partial charge on any atom is -0.393 e. The summed E-state index contributed by atoms with van der Waals surface area (Å²) < 4.78 is 1.87. The minimum absolute atomic E-state index is 0.165. The average molecular weight is 393 g/mol. The second-order valence-electron chi connectivity index (χ2n) is 8.30. The number of nitrogens with one attached hydrogen (secondary N) is 1. The van der Waals surface area contributed by atoms with Crippen molar-refractivity contribution < 1.29 is 5.11 Å². The largest absolute Gasteiger partial charge is 0.393 e. The standard InChI is InChI=1S/C22H28N6O/c29-19-8-10-27(11-9-19)18-6-7-21(23-13-18)26-20-12-17(16-4-2-1-3-5-16)14-28-22(20)24-15-25-28/h6-7,12-16,19,29H,1-5,8-11H2,(H,23,26). The highest BCUT2D eigenvalue weighted by Gasteiger charge is 2.19. The first-order valence-electron chi connectivity index (χ1n) is 10.8. The Morgan fingerprint density at radius 2 is 1.83 bits per heavy atom. The van der Waals surface area contributed by atoms with Crippen LogP contribution in [0.3, 0.4) is 0 Å². The first kappa shape index (κ1) is 18.4. The lowest BCUT2D eigenvalue weighted by Gasteiger charge is -2.31. The Kier molecular flexibility index (Phi) is 5.06. The third-order valence-corrected chi connectivity index (χ3v) is 6.31. The number of fused-ring (bicyclic) bond motifs is 1. The molecule has 1 saturated carbocycles. The van der Waals surface area contributed by atoms with Crippen LogP contribution in [0.25, 0.3) is 5.65 Å². The maximum absolute atomic E-state index is 9.70. The number of aliphatic hydroxyl groups is 1. The van der Waals surface area contributed by atoms with Crippen LogP contribution in [0, 0.1) is 0 Å². The van der Waals surface area contributed by atoms with Crippen molar-refractivity contribution in [2.24, 2.45) is 0 Å². The lowest BCUT2D eigenvalue weighted by Crippen LogP contribution is -2.35. The van der Waals surface area contributed by atoms with Crippen LogP contribution < -0.4 is 10.2 Å². The molecule has 2 aliphatic rings. The first-order chi connectivity index (χ1) is 14.3. The summed E-state index contributed by atoms with van der Waals surface area (Å²) in [5, 5.41) is 17.5. The van der Waals surface area contributed by atoms with Gasteiger partial charge in [-0.3, -0.25) is 0 Å². The second-order valence-corrected chi connectivity index (χ2v) is 8.30. The van der Waals surface area contributed by atoms with Gasteiger partial charge in [-0.2, -0.15) is 5.10 Å². The van der Waals surface area contributed by atoms with Crippen molar-refractivity contribution in [3.05, 3.63) is 42.5 Å². The molecule has 0 aromatic carbocycles. The van der Waals surface area contributed by atoms with Gasteiger partial charge in [-0.15, -0.1) is 0 Å². The Morgan fingerprint density at radius 1 is 1.00 bits per heavy atom. The maximum Gasteiger partial charge on any atom is 0.178 e. The summed E-state index contributed by atoms with van der Waals surface area (Å²) in [6.45, 7) is 1.75. The van der Waals surface area contributed by atoms with Crippen LogP contribution in [0.1, 0.15) is 56.4 Å². The number of rotatable bonds is 4. The molecule has 0 radical (unpaired) electrons. The van der Waals surface area contributed by atoms with E-state index < -0.39 is 0 Å². The number of anilines is 3. The van der Waals surface area contributed by atoms with E-state index in [0.717, 1.165) is 48.8 Å². The molecule has 7 nitrogen and oxygen atoms in total. The van der Waals surface area contributed by atoms with Crippen LogP contribution in [-0.2, 0) is 0 Å². The summed E-state index contributed by atoms with van der Waals surface area (Å²) >= 11 is 0. The van der Waals surface area contributed by atoms with Crippen molar-refractivity contribution >= 4 is 22.8 Å². The fraction of sp³-hybridized carbons (Fsp3) is 0.500. The SMILES string of the molecule is OC1CCN(c2ccc(Nc3cc(C4CCCCC4)cn4ncnc34)nc2)CC1. The molecule has 0 spiro atoms. The number of piperidine rings is 1. The molecule has 0 amide bonds. The third kappa shape index (κ3) is 3.92. The van der Waals surface area contributed by atoms with Crippen molar-refractivity contribution in [2.45, 2.75) is 57.0 Å². The molecule has 2 fully saturated rings. The molecule has 29 heavy (non-hydrogen) atoms. The predicted octanol–water partition coefficient (Wildman–Crippen LogP) is 3.88. The summed E-state index contributed by atoms with van der Waals surface area (Å²) in [4.78, 5) is 11.3. The zero-order valence-electron chi connectivity index (χ0n) is 16.7. The normalized spacial score (nSPS) is 19.0.